The van der Waals surface area contributed by atoms with Crippen LogP contribution < -0.4 is 15.1 Å². The lowest BCUT2D eigenvalue weighted by molar-refractivity contribution is 0.0996. The highest BCUT2D eigenvalue weighted by atomic mass is 19.1. The van der Waals surface area contributed by atoms with Gasteiger partial charge in [0.2, 0.25) is 0 Å². The number of hydrogen-bond acceptors (Lipinski definition) is 5. The Morgan fingerprint density at radius 3 is 2.61 bits per heavy atom. The Hall–Kier alpha value is -3.32. The summed E-state index contributed by atoms with van der Waals surface area (Å²) in [6, 6.07) is 10.7. The van der Waals surface area contributed by atoms with Crippen molar-refractivity contribution in [2.45, 2.75) is 20.4 Å². The molecule has 1 N–H and O–H groups in total. The van der Waals surface area contributed by atoms with E-state index >= 15 is 0 Å². The highest BCUT2D eigenvalue weighted by Crippen LogP contribution is 2.36. The first kappa shape index (κ1) is 19.6. The third-order valence-electron chi connectivity index (χ3n) is 5.97. The maximum absolute atomic E-state index is 14.7. The van der Waals surface area contributed by atoms with Crippen LogP contribution in [-0.2, 0) is 6.54 Å². The zero-order valence-corrected chi connectivity index (χ0v) is 17.7. The number of carbonyl (C=O) groups is 1. The zero-order chi connectivity index (χ0) is 21.5. The first-order chi connectivity index (χ1) is 15.0. The number of halogens is 1. The fourth-order valence-corrected chi connectivity index (χ4v) is 4.39. The molecule has 31 heavy (non-hydrogen) atoms. The van der Waals surface area contributed by atoms with E-state index in [0.717, 1.165) is 48.7 Å². The molecular formula is C24H24FN5O. The van der Waals surface area contributed by atoms with Gasteiger partial charge in [0.1, 0.15) is 17.5 Å². The average molecular weight is 417 g/mol. The molecule has 2 aromatic heterocycles. The van der Waals surface area contributed by atoms with Crippen LogP contribution in [0.2, 0.25) is 0 Å². The van der Waals surface area contributed by atoms with Crippen LogP contribution in [0.15, 0.2) is 42.6 Å². The summed E-state index contributed by atoms with van der Waals surface area (Å²) in [6.07, 6.45) is 1.58. The molecule has 1 fully saturated rings. The standard InChI is InChI=1S/C24H24FN5O/c1-15-12-20(29-10-8-26-9-11-29)28-21(13-15)30-14-18-17(24(30)31)6-7-27-23(18)22-16(2)4-3-5-19(22)25/h3-7,12-13,26H,8-11,14H2,1-2H3. The molecule has 5 rings (SSSR count). The van der Waals surface area contributed by atoms with Crippen LogP contribution in [0, 0.1) is 19.7 Å². The number of piperazine rings is 1. The number of carbonyl (C=O) groups excluding carboxylic acids is 1. The van der Waals surface area contributed by atoms with Crippen molar-refractivity contribution in [1.29, 1.82) is 0 Å². The average Bonchev–Trinajstić information content (AvgIpc) is 3.11. The number of fused-ring (bicyclic) bond motifs is 1. The van der Waals surface area contributed by atoms with Gasteiger partial charge in [-0.05, 0) is 49.2 Å². The topological polar surface area (TPSA) is 61.4 Å². The van der Waals surface area contributed by atoms with Gasteiger partial charge in [-0.1, -0.05) is 12.1 Å². The van der Waals surface area contributed by atoms with E-state index < -0.39 is 0 Å². The van der Waals surface area contributed by atoms with Gasteiger partial charge in [-0.15, -0.1) is 0 Å². The number of anilines is 2. The molecule has 158 valence electrons. The number of pyridine rings is 2. The van der Waals surface area contributed by atoms with Gasteiger partial charge < -0.3 is 10.2 Å². The van der Waals surface area contributed by atoms with Crippen LogP contribution in [0.5, 0.6) is 0 Å². The fraction of sp³-hybridized carbons (Fsp3) is 0.292. The van der Waals surface area contributed by atoms with Gasteiger partial charge in [0.25, 0.3) is 5.91 Å². The second-order valence-corrected chi connectivity index (χ2v) is 8.11. The highest BCUT2D eigenvalue weighted by molar-refractivity contribution is 6.10. The second-order valence-electron chi connectivity index (χ2n) is 8.11. The summed E-state index contributed by atoms with van der Waals surface area (Å²) >= 11 is 0. The van der Waals surface area contributed by atoms with E-state index in [0.29, 0.717) is 29.2 Å². The normalized spacial score (nSPS) is 16.0. The van der Waals surface area contributed by atoms with E-state index in [1.807, 2.05) is 26.0 Å². The third kappa shape index (κ3) is 3.45. The lowest BCUT2D eigenvalue weighted by Gasteiger charge is -2.29. The zero-order valence-electron chi connectivity index (χ0n) is 17.7. The number of nitrogens with zero attached hydrogens (tertiary/aromatic N) is 4. The van der Waals surface area contributed by atoms with Crippen molar-refractivity contribution in [3.8, 4) is 11.3 Å². The molecule has 0 spiro atoms. The Morgan fingerprint density at radius 1 is 1.06 bits per heavy atom. The number of aromatic nitrogens is 2. The quantitative estimate of drug-likeness (QED) is 0.707. The van der Waals surface area contributed by atoms with Crippen molar-refractivity contribution in [3.05, 3.63) is 70.7 Å². The lowest BCUT2D eigenvalue weighted by Crippen LogP contribution is -2.44. The largest absolute Gasteiger partial charge is 0.354 e. The molecule has 0 radical (unpaired) electrons. The molecule has 1 amide bonds. The molecule has 3 aromatic rings. The molecule has 2 aliphatic rings. The van der Waals surface area contributed by atoms with Gasteiger partial charge in [-0.3, -0.25) is 14.7 Å². The van der Waals surface area contributed by atoms with Gasteiger partial charge in [-0.25, -0.2) is 9.37 Å². The van der Waals surface area contributed by atoms with Crippen molar-refractivity contribution in [3.63, 3.8) is 0 Å². The molecule has 6 nitrogen and oxygen atoms in total. The first-order valence-corrected chi connectivity index (χ1v) is 10.5. The first-order valence-electron chi connectivity index (χ1n) is 10.5. The van der Waals surface area contributed by atoms with Gasteiger partial charge in [0, 0.05) is 49.1 Å². The van der Waals surface area contributed by atoms with E-state index in [1.165, 1.54) is 6.07 Å². The maximum atomic E-state index is 14.7. The van der Waals surface area contributed by atoms with Gasteiger partial charge in [0.15, 0.2) is 0 Å². The maximum Gasteiger partial charge on any atom is 0.260 e. The Bertz CT molecular complexity index is 1150. The predicted molar refractivity (Wildman–Crippen MR) is 119 cm³/mol. The summed E-state index contributed by atoms with van der Waals surface area (Å²) in [5.41, 5.74) is 4.12. The SMILES string of the molecule is Cc1cc(N2CCNCC2)nc(N2Cc3c(ccnc3-c3c(C)cccc3F)C2=O)c1. The Labute approximate surface area is 180 Å². The predicted octanol–water partition coefficient (Wildman–Crippen LogP) is 3.47. The van der Waals surface area contributed by atoms with Crippen molar-refractivity contribution >= 4 is 17.5 Å². The summed E-state index contributed by atoms with van der Waals surface area (Å²) in [6.45, 7) is 7.78. The fourth-order valence-electron chi connectivity index (χ4n) is 4.39. The Balaban J connectivity index is 1.55. The molecule has 0 aliphatic carbocycles. The van der Waals surface area contributed by atoms with E-state index in [4.69, 9.17) is 4.98 Å². The number of hydrogen-bond donors (Lipinski definition) is 1. The Kier molecular flexibility index (Phi) is 4.90. The molecule has 7 heteroatoms. The van der Waals surface area contributed by atoms with E-state index in [2.05, 4.69) is 21.3 Å². The van der Waals surface area contributed by atoms with Crippen molar-refractivity contribution in [2.75, 3.05) is 36.0 Å². The van der Waals surface area contributed by atoms with Gasteiger partial charge in [0.05, 0.1) is 12.2 Å². The third-order valence-corrected chi connectivity index (χ3v) is 5.97. The van der Waals surface area contributed by atoms with Crippen molar-refractivity contribution in [2.24, 2.45) is 0 Å². The van der Waals surface area contributed by atoms with Crippen LogP contribution in [0.1, 0.15) is 27.0 Å². The van der Waals surface area contributed by atoms with Crippen molar-refractivity contribution < 1.29 is 9.18 Å². The van der Waals surface area contributed by atoms with E-state index in [9.17, 15) is 9.18 Å². The molecule has 1 saturated heterocycles. The monoisotopic (exact) mass is 417 g/mol. The van der Waals surface area contributed by atoms with Crippen LogP contribution >= 0.6 is 0 Å². The number of benzene rings is 1. The summed E-state index contributed by atoms with van der Waals surface area (Å²) < 4.78 is 14.7. The number of amides is 1. The Morgan fingerprint density at radius 2 is 1.84 bits per heavy atom. The lowest BCUT2D eigenvalue weighted by atomic mass is 9.99. The van der Waals surface area contributed by atoms with Crippen LogP contribution in [0.3, 0.4) is 0 Å². The number of aryl methyl sites for hydroxylation is 2. The van der Waals surface area contributed by atoms with E-state index in [1.54, 1.807) is 23.2 Å². The van der Waals surface area contributed by atoms with Crippen LogP contribution in [-0.4, -0.2) is 42.1 Å². The number of nitrogens with one attached hydrogen (secondary N) is 1. The molecule has 0 bridgehead atoms. The summed E-state index contributed by atoms with van der Waals surface area (Å²) in [7, 11) is 0. The molecular weight excluding hydrogens is 393 g/mol. The molecule has 4 heterocycles. The number of rotatable bonds is 3. The molecule has 1 aromatic carbocycles. The van der Waals surface area contributed by atoms with E-state index in [-0.39, 0.29) is 11.7 Å². The van der Waals surface area contributed by atoms with Crippen LogP contribution in [0.4, 0.5) is 16.0 Å². The molecule has 0 unspecified atom stereocenters. The van der Waals surface area contributed by atoms with Crippen molar-refractivity contribution in [1.82, 2.24) is 15.3 Å². The molecule has 0 atom stereocenters. The minimum absolute atomic E-state index is 0.128. The van der Waals surface area contributed by atoms with Gasteiger partial charge >= 0.3 is 0 Å². The smallest absolute Gasteiger partial charge is 0.260 e. The molecule has 2 aliphatic heterocycles. The van der Waals surface area contributed by atoms with Crippen LogP contribution in [0.25, 0.3) is 11.3 Å². The minimum Gasteiger partial charge on any atom is -0.354 e. The summed E-state index contributed by atoms with van der Waals surface area (Å²) in [4.78, 5) is 26.5. The minimum atomic E-state index is -0.332. The van der Waals surface area contributed by atoms with Gasteiger partial charge in [-0.2, -0.15) is 0 Å². The summed E-state index contributed by atoms with van der Waals surface area (Å²) in [5, 5.41) is 3.35. The second kappa shape index (κ2) is 7.74. The highest BCUT2D eigenvalue weighted by Gasteiger charge is 2.33. The molecule has 0 saturated carbocycles. The summed E-state index contributed by atoms with van der Waals surface area (Å²) in [5.74, 6) is 1.04.